The highest BCUT2D eigenvalue weighted by molar-refractivity contribution is 5.76. The molecular weight excluding hydrogens is 695 g/mol. The molecule has 1 amide bonds. The first kappa shape index (κ1) is 51.4. The maximum absolute atomic E-state index is 12.9. The Hall–Kier alpha value is -1.59. The van der Waals surface area contributed by atoms with Crippen LogP contribution < -0.4 is 5.32 Å². The van der Waals surface area contributed by atoms with Gasteiger partial charge in [-0.05, 0) is 57.8 Å². The number of hydrogen-bond acceptors (Lipinski definition) is 8. The summed E-state index contributed by atoms with van der Waals surface area (Å²) in [5, 5.41) is 54.1. The van der Waals surface area contributed by atoms with Crippen molar-refractivity contribution in [3.63, 3.8) is 0 Å². The molecule has 0 bridgehead atoms. The second kappa shape index (κ2) is 36.7. The van der Waals surface area contributed by atoms with Crippen LogP contribution in [0, 0.1) is 0 Å². The molecule has 1 saturated heterocycles. The van der Waals surface area contributed by atoms with Crippen LogP contribution in [-0.2, 0) is 14.3 Å². The molecule has 6 N–H and O–H groups in total. The maximum atomic E-state index is 12.9. The standard InChI is InChI=1S/C46H85NO8/c1-3-5-7-9-11-13-15-17-18-19-20-21-22-23-24-25-27-29-31-33-35-40(49)39(38-54-46-45(53)44(52)43(51)41(37-48)55-46)47-42(50)36-34-32-30-28-26-16-14-12-10-8-6-4-2/h12,14,25,27,33,35,39-41,43-46,48-49,51-53H,3-11,13,15-24,26,28-32,34,36-38H2,1-2H3,(H,47,50)/b14-12-,27-25+,35-33+. The van der Waals surface area contributed by atoms with E-state index in [0.717, 1.165) is 57.8 Å². The van der Waals surface area contributed by atoms with Crippen molar-refractivity contribution in [3.05, 3.63) is 36.5 Å². The van der Waals surface area contributed by atoms with Gasteiger partial charge in [-0.2, -0.15) is 0 Å². The number of aliphatic hydroxyl groups is 5. The van der Waals surface area contributed by atoms with Crippen LogP contribution in [0.2, 0.25) is 0 Å². The van der Waals surface area contributed by atoms with Crippen molar-refractivity contribution in [2.45, 2.75) is 236 Å². The Morgan fingerprint density at radius 2 is 1.04 bits per heavy atom. The van der Waals surface area contributed by atoms with Crippen molar-refractivity contribution in [2.75, 3.05) is 13.2 Å². The fourth-order valence-electron chi connectivity index (χ4n) is 6.99. The first-order valence-electron chi connectivity index (χ1n) is 22.7. The number of allylic oxidation sites excluding steroid dienone is 5. The summed E-state index contributed by atoms with van der Waals surface area (Å²) in [5.41, 5.74) is 0. The van der Waals surface area contributed by atoms with Gasteiger partial charge in [0.15, 0.2) is 6.29 Å². The molecule has 55 heavy (non-hydrogen) atoms. The van der Waals surface area contributed by atoms with E-state index in [1.165, 1.54) is 116 Å². The lowest BCUT2D eigenvalue weighted by atomic mass is 9.99. The number of ether oxygens (including phenoxy) is 2. The highest BCUT2D eigenvalue weighted by atomic mass is 16.7. The van der Waals surface area contributed by atoms with Gasteiger partial charge in [0.05, 0.1) is 25.4 Å². The highest BCUT2D eigenvalue weighted by Crippen LogP contribution is 2.22. The van der Waals surface area contributed by atoms with Crippen LogP contribution in [0.25, 0.3) is 0 Å². The summed E-state index contributed by atoms with van der Waals surface area (Å²) >= 11 is 0. The molecule has 322 valence electrons. The molecule has 0 aromatic heterocycles. The molecule has 0 saturated carbocycles. The Kier molecular flexibility index (Phi) is 34.3. The van der Waals surface area contributed by atoms with Gasteiger partial charge in [-0.1, -0.05) is 166 Å². The first-order chi connectivity index (χ1) is 26.8. The number of hydrogen-bond donors (Lipinski definition) is 6. The van der Waals surface area contributed by atoms with Gasteiger partial charge in [0, 0.05) is 6.42 Å². The lowest BCUT2D eigenvalue weighted by molar-refractivity contribution is -0.302. The van der Waals surface area contributed by atoms with Gasteiger partial charge in [0.25, 0.3) is 0 Å². The topological polar surface area (TPSA) is 149 Å². The minimum absolute atomic E-state index is 0.198. The van der Waals surface area contributed by atoms with Gasteiger partial charge < -0.3 is 40.3 Å². The normalized spacial score (nSPS) is 21.6. The van der Waals surface area contributed by atoms with Crippen LogP contribution >= 0.6 is 0 Å². The van der Waals surface area contributed by atoms with Gasteiger partial charge in [0.1, 0.15) is 24.4 Å². The third-order valence-corrected chi connectivity index (χ3v) is 10.7. The number of carbonyl (C=O) groups is 1. The summed E-state index contributed by atoms with van der Waals surface area (Å²) in [6, 6.07) is -0.823. The zero-order valence-electron chi connectivity index (χ0n) is 35.2. The Morgan fingerprint density at radius 1 is 0.600 bits per heavy atom. The van der Waals surface area contributed by atoms with Crippen LogP contribution in [0.1, 0.15) is 194 Å². The molecule has 0 aliphatic carbocycles. The molecule has 0 aromatic carbocycles. The number of unbranched alkanes of at least 4 members (excludes halogenated alkanes) is 23. The molecule has 0 radical (unpaired) electrons. The van der Waals surface area contributed by atoms with Crippen molar-refractivity contribution in [2.24, 2.45) is 0 Å². The Labute approximate surface area is 336 Å². The fraction of sp³-hybridized carbons (Fsp3) is 0.848. The van der Waals surface area contributed by atoms with Crippen LogP contribution in [0.3, 0.4) is 0 Å². The van der Waals surface area contributed by atoms with E-state index >= 15 is 0 Å². The first-order valence-corrected chi connectivity index (χ1v) is 22.7. The number of amides is 1. The molecule has 1 aliphatic heterocycles. The van der Waals surface area contributed by atoms with E-state index < -0.39 is 49.5 Å². The van der Waals surface area contributed by atoms with E-state index in [-0.39, 0.29) is 12.5 Å². The van der Waals surface area contributed by atoms with Gasteiger partial charge in [-0.15, -0.1) is 0 Å². The van der Waals surface area contributed by atoms with Crippen molar-refractivity contribution in [1.29, 1.82) is 0 Å². The van der Waals surface area contributed by atoms with Gasteiger partial charge in [-0.3, -0.25) is 4.79 Å². The third-order valence-electron chi connectivity index (χ3n) is 10.7. The van der Waals surface area contributed by atoms with Crippen LogP contribution in [0.4, 0.5) is 0 Å². The zero-order chi connectivity index (χ0) is 40.2. The van der Waals surface area contributed by atoms with Crippen LogP contribution in [0.15, 0.2) is 36.5 Å². The van der Waals surface area contributed by atoms with Gasteiger partial charge >= 0.3 is 0 Å². The lowest BCUT2D eigenvalue weighted by Crippen LogP contribution is -2.60. The summed E-state index contributed by atoms with van der Waals surface area (Å²) in [7, 11) is 0. The molecule has 7 unspecified atom stereocenters. The smallest absolute Gasteiger partial charge is 0.220 e. The number of carbonyl (C=O) groups excluding carboxylic acids is 1. The molecule has 1 heterocycles. The minimum Gasteiger partial charge on any atom is -0.394 e. The molecule has 1 fully saturated rings. The molecule has 7 atom stereocenters. The van der Waals surface area contributed by atoms with Crippen LogP contribution in [-0.4, -0.2) is 87.5 Å². The monoisotopic (exact) mass is 780 g/mol. The number of aliphatic hydroxyl groups excluding tert-OH is 5. The third kappa shape index (κ3) is 27.6. The summed E-state index contributed by atoms with van der Waals surface area (Å²) in [5.74, 6) is -0.198. The molecule has 9 heteroatoms. The Balaban J connectivity index is 2.38. The predicted molar refractivity (Wildman–Crippen MR) is 226 cm³/mol. The van der Waals surface area contributed by atoms with Crippen molar-refractivity contribution in [1.82, 2.24) is 5.32 Å². The van der Waals surface area contributed by atoms with E-state index in [1.807, 2.05) is 6.08 Å². The van der Waals surface area contributed by atoms with Crippen LogP contribution in [0.5, 0.6) is 0 Å². The van der Waals surface area contributed by atoms with Crippen molar-refractivity contribution < 1.29 is 39.8 Å². The zero-order valence-corrected chi connectivity index (χ0v) is 35.2. The van der Waals surface area contributed by atoms with Crippen molar-refractivity contribution in [3.8, 4) is 0 Å². The second-order valence-electron chi connectivity index (χ2n) is 15.8. The lowest BCUT2D eigenvalue weighted by Gasteiger charge is -2.40. The summed E-state index contributed by atoms with van der Waals surface area (Å²) in [4.78, 5) is 12.9. The number of rotatable bonds is 37. The quantitative estimate of drug-likeness (QED) is 0.0270. The predicted octanol–water partition coefficient (Wildman–Crippen LogP) is 9.28. The molecular formula is C46H85NO8. The summed E-state index contributed by atoms with van der Waals surface area (Å²) in [6.45, 7) is 3.72. The summed E-state index contributed by atoms with van der Waals surface area (Å²) in [6.07, 6.45) is 37.6. The van der Waals surface area contributed by atoms with Gasteiger partial charge in [0.2, 0.25) is 5.91 Å². The second-order valence-corrected chi connectivity index (χ2v) is 15.8. The van der Waals surface area contributed by atoms with Crippen molar-refractivity contribution >= 4 is 5.91 Å². The highest BCUT2D eigenvalue weighted by Gasteiger charge is 2.44. The van der Waals surface area contributed by atoms with E-state index in [2.05, 4.69) is 43.5 Å². The van der Waals surface area contributed by atoms with E-state index in [0.29, 0.717) is 6.42 Å². The van der Waals surface area contributed by atoms with E-state index in [9.17, 15) is 30.3 Å². The largest absolute Gasteiger partial charge is 0.394 e. The SMILES string of the molecule is CCCCC/C=C\CCCCCCCC(=O)NC(COC1OC(CO)C(O)C(O)C1O)C(O)/C=C/CC/C=C/CCCCCCCCCCCCCCCC. The molecule has 0 aromatic rings. The number of nitrogens with one attached hydrogen (secondary N) is 1. The molecule has 9 nitrogen and oxygen atoms in total. The average molecular weight is 780 g/mol. The average Bonchev–Trinajstić information content (AvgIpc) is 3.18. The van der Waals surface area contributed by atoms with E-state index in [1.54, 1.807) is 6.08 Å². The summed E-state index contributed by atoms with van der Waals surface area (Å²) < 4.78 is 11.2. The minimum atomic E-state index is -1.57. The Morgan fingerprint density at radius 3 is 1.56 bits per heavy atom. The van der Waals surface area contributed by atoms with E-state index in [4.69, 9.17) is 9.47 Å². The fourth-order valence-corrected chi connectivity index (χ4v) is 6.99. The maximum Gasteiger partial charge on any atom is 0.220 e. The molecule has 0 spiro atoms. The Bertz CT molecular complexity index is 956. The molecule has 1 rings (SSSR count). The van der Waals surface area contributed by atoms with Gasteiger partial charge in [-0.25, -0.2) is 0 Å². The molecule has 1 aliphatic rings.